The number of ether oxygens (including phenoxy) is 3. The van der Waals surface area contributed by atoms with Crippen LogP contribution in [-0.2, 0) is 26.0 Å². The fourth-order valence-corrected chi connectivity index (χ4v) is 8.26. The number of nitrogen functional groups attached to an aromatic ring is 1. The van der Waals surface area contributed by atoms with E-state index in [-0.39, 0.29) is 57.3 Å². The number of carbonyl (C=O) groups is 1. The van der Waals surface area contributed by atoms with Gasteiger partial charge in [0.1, 0.15) is 16.1 Å². The lowest BCUT2D eigenvalue weighted by Gasteiger charge is -2.26. The number of thioether (sulfide) groups is 1. The van der Waals surface area contributed by atoms with Gasteiger partial charge in [0.25, 0.3) is 0 Å². The van der Waals surface area contributed by atoms with Crippen LogP contribution in [0.3, 0.4) is 0 Å². The van der Waals surface area contributed by atoms with E-state index in [1.807, 2.05) is 0 Å². The van der Waals surface area contributed by atoms with Crippen molar-refractivity contribution >= 4 is 56.6 Å². The first-order valence-corrected chi connectivity index (χ1v) is 16.6. The Morgan fingerprint density at radius 1 is 1.14 bits per heavy atom. The van der Waals surface area contributed by atoms with Gasteiger partial charge in [0, 0.05) is 30.0 Å². The second-order valence-electron chi connectivity index (χ2n) is 10.2. The molecule has 2 aromatic carbocycles. The van der Waals surface area contributed by atoms with Gasteiger partial charge in [0.05, 0.1) is 11.5 Å². The number of alkyl halides is 2. The maximum absolute atomic E-state index is 13.7. The lowest BCUT2D eigenvalue weighted by atomic mass is 10.0. The minimum Gasteiger partial charge on any atom is -0.619 e. The smallest absolute Gasteiger partial charge is 0.387 e. The maximum Gasteiger partial charge on any atom is 0.387 e. The highest BCUT2D eigenvalue weighted by Crippen LogP contribution is 2.39. The number of nitrogens with two attached hydrogens (primary N) is 1. The Hall–Kier alpha value is -3.04. The predicted molar refractivity (Wildman–Crippen MR) is 160 cm³/mol. The van der Waals surface area contributed by atoms with E-state index in [1.54, 1.807) is 6.07 Å². The number of halogens is 4. The van der Waals surface area contributed by atoms with E-state index < -0.39 is 34.1 Å². The first kappa shape index (κ1) is 32.4. The molecule has 2 atom stereocenters. The summed E-state index contributed by atoms with van der Waals surface area (Å²) in [5, 5.41) is 10.6. The summed E-state index contributed by atoms with van der Waals surface area (Å²) in [6, 6.07) is 9.83. The summed E-state index contributed by atoms with van der Waals surface area (Å²) >= 11 is 13.7. The number of sulfonamides is 1. The lowest BCUT2D eigenvalue weighted by Crippen LogP contribution is -2.40. The molecule has 2 heterocycles. The van der Waals surface area contributed by atoms with Crippen molar-refractivity contribution in [2.24, 2.45) is 5.92 Å². The van der Waals surface area contributed by atoms with Gasteiger partial charge in [0.2, 0.25) is 10.0 Å². The van der Waals surface area contributed by atoms with Gasteiger partial charge in [-0.2, -0.15) is 17.8 Å². The van der Waals surface area contributed by atoms with Gasteiger partial charge >= 0.3 is 12.6 Å². The van der Waals surface area contributed by atoms with Crippen LogP contribution in [0, 0.1) is 11.1 Å². The minimum atomic E-state index is -4.12. The Balaban J connectivity index is 1.48. The SMILES string of the molecule is Nc1cccc(S(=O)(=O)N2CCSC2C(=O)OC(Cc2c(Cl)c[n+]([O-])cc2Cl)c2ccc(OC(F)F)c(OCC3CC3)c2)c1. The second-order valence-corrected chi connectivity index (χ2v) is 14.1. The van der Waals surface area contributed by atoms with E-state index >= 15 is 0 Å². The molecule has 0 spiro atoms. The van der Waals surface area contributed by atoms with Gasteiger partial charge < -0.3 is 25.2 Å². The zero-order valence-electron chi connectivity index (χ0n) is 22.9. The van der Waals surface area contributed by atoms with Gasteiger partial charge in [-0.05, 0) is 54.7 Å². The Morgan fingerprint density at radius 2 is 1.86 bits per heavy atom. The van der Waals surface area contributed by atoms with Crippen LogP contribution >= 0.6 is 35.0 Å². The van der Waals surface area contributed by atoms with Crippen molar-refractivity contribution in [3.8, 4) is 11.5 Å². The Bertz CT molecular complexity index is 1620. The fraction of sp³-hybridized carbons (Fsp3) is 0.357. The molecule has 2 fully saturated rings. The number of hydrogen-bond donors (Lipinski definition) is 1. The molecule has 2 N–H and O–H groups in total. The first-order chi connectivity index (χ1) is 20.9. The van der Waals surface area contributed by atoms with Crippen molar-refractivity contribution in [1.29, 1.82) is 0 Å². The molecular formula is C28H27Cl2F2N3O7S2. The molecule has 3 aromatic rings. The zero-order chi connectivity index (χ0) is 31.6. The van der Waals surface area contributed by atoms with Crippen LogP contribution in [0.5, 0.6) is 11.5 Å². The summed E-state index contributed by atoms with van der Waals surface area (Å²) in [5.74, 6) is -0.451. The van der Waals surface area contributed by atoms with E-state index in [9.17, 15) is 27.2 Å². The highest BCUT2D eigenvalue weighted by atomic mass is 35.5. The number of aromatic nitrogens is 1. The van der Waals surface area contributed by atoms with E-state index in [2.05, 4.69) is 4.74 Å². The summed E-state index contributed by atoms with van der Waals surface area (Å²) in [7, 11) is -4.12. The molecule has 1 saturated heterocycles. The van der Waals surface area contributed by atoms with Crippen molar-refractivity contribution in [3.05, 3.63) is 81.2 Å². The largest absolute Gasteiger partial charge is 0.619 e. The Labute approximate surface area is 266 Å². The molecule has 1 aliphatic heterocycles. The van der Waals surface area contributed by atoms with Crippen LogP contribution in [0.1, 0.15) is 30.1 Å². The van der Waals surface area contributed by atoms with Gasteiger partial charge in [-0.15, -0.1) is 11.8 Å². The molecule has 10 nitrogen and oxygen atoms in total. The molecule has 44 heavy (non-hydrogen) atoms. The summed E-state index contributed by atoms with van der Waals surface area (Å²) in [4.78, 5) is 13.6. The molecule has 2 unspecified atom stereocenters. The molecule has 1 aromatic heterocycles. The van der Waals surface area contributed by atoms with Crippen molar-refractivity contribution in [3.63, 3.8) is 0 Å². The number of anilines is 1. The maximum atomic E-state index is 13.7. The molecule has 236 valence electrons. The van der Waals surface area contributed by atoms with Crippen LogP contribution < -0.4 is 19.9 Å². The highest BCUT2D eigenvalue weighted by molar-refractivity contribution is 8.02. The Morgan fingerprint density at radius 3 is 2.52 bits per heavy atom. The molecule has 16 heteroatoms. The summed E-state index contributed by atoms with van der Waals surface area (Å²) in [6.07, 6.45) is 2.77. The van der Waals surface area contributed by atoms with Crippen molar-refractivity contribution in [1.82, 2.24) is 4.31 Å². The summed E-state index contributed by atoms with van der Waals surface area (Å²) in [5.41, 5.74) is 6.62. The highest BCUT2D eigenvalue weighted by Gasteiger charge is 2.42. The third-order valence-corrected chi connectivity index (χ3v) is 10.8. The van der Waals surface area contributed by atoms with Crippen LogP contribution in [0.15, 0.2) is 59.8 Å². The average Bonchev–Trinajstić information content (AvgIpc) is 3.65. The lowest BCUT2D eigenvalue weighted by molar-refractivity contribution is -0.605. The summed E-state index contributed by atoms with van der Waals surface area (Å²) in [6.45, 7) is -2.78. The third kappa shape index (κ3) is 7.60. The molecule has 1 aliphatic carbocycles. The van der Waals surface area contributed by atoms with E-state index in [0.29, 0.717) is 22.0 Å². The van der Waals surface area contributed by atoms with Crippen LogP contribution in [-0.4, -0.2) is 49.6 Å². The number of hydrogen-bond acceptors (Lipinski definition) is 9. The minimum absolute atomic E-state index is 0.00229. The number of pyridine rings is 1. The second kappa shape index (κ2) is 13.5. The average molecular weight is 691 g/mol. The van der Waals surface area contributed by atoms with Crippen LogP contribution in [0.25, 0.3) is 0 Å². The molecule has 0 amide bonds. The topological polar surface area (TPSA) is 135 Å². The van der Waals surface area contributed by atoms with Gasteiger partial charge in [0.15, 0.2) is 29.3 Å². The Kier molecular flexibility index (Phi) is 9.95. The molecule has 2 aliphatic rings. The quantitative estimate of drug-likeness (QED) is 0.118. The molecule has 5 rings (SSSR count). The molecule has 0 radical (unpaired) electrons. The van der Waals surface area contributed by atoms with Crippen molar-refractivity contribution in [2.75, 3.05) is 24.6 Å². The van der Waals surface area contributed by atoms with Crippen LogP contribution in [0.2, 0.25) is 10.0 Å². The van der Waals surface area contributed by atoms with Crippen molar-refractivity contribution in [2.45, 2.75) is 42.2 Å². The van der Waals surface area contributed by atoms with Gasteiger partial charge in [-0.3, -0.25) is 0 Å². The number of benzene rings is 2. The number of rotatable bonds is 12. The van der Waals surface area contributed by atoms with Crippen LogP contribution in [0.4, 0.5) is 14.5 Å². The van der Waals surface area contributed by atoms with Crippen molar-refractivity contribution < 1.29 is 40.9 Å². The van der Waals surface area contributed by atoms with Gasteiger partial charge in [-0.1, -0.05) is 35.3 Å². The molecule has 0 bridgehead atoms. The summed E-state index contributed by atoms with van der Waals surface area (Å²) < 4.78 is 71.0. The molecular weight excluding hydrogens is 663 g/mol. The van der Waals surface area contributed by atoms with E-state index in [1.165, 1.54) is 36.4 Å². The standard InChI is InChI=1S/C28H27Cl2F2N3O7S2/c29-21-13-34(37)14-22(30)20(21)12-24(17-6-7-23(42-28(31)32)25(10-17)40-15-16-4-5-16)41-27(36)26-35(8-9-43-26)44(38,39)19-3-1-2-18(33)11-19/h1-3,6-7,10-11,13-14,16,24,26,28H,4-5,8-9,12,15,33H2. The zero-order valence-corrected chi connectivity index (χ0v) is 26.1. The number of nitrogens with zero attached hydrogens (tertiary/aromatic N) is 2. The first-order valence-electron chi connectivity index (χ1n) is 13.4. The fourth-order valence-electron chi connectivity index (χ4n) is 4.56. The normalized spacial score (nSPS) is 17.9. The monoisotopic (exact) mass is 689 g/mol. The van der Waals surface area contributed by atoms with Gasteiger partial charge in [-0.25, -0.2) is 13.2 Å². The van der Waals surface area contributed by atoms with E-state index in [0.717, 1.165) is 41.3 Å². The number of esters is 1. The van der Waals surface area contributed by atoms with E-state index in [4.69, 9.17) is 38.4 Å². The number of carbonyl (C=O) groups excluding carboxylic acids is 1. The predicted octanol–water partition coefficient (Wildman–Crippen LogP) is 5.19. The molecule has 1 saturated carbocycles. The third-order valence-electron chi connectivity index (χ3n) is 6.95.